The molecular weight excluding hydrogens is 489 g/mol. The number of likely N-dealkylation sites (N-methyl/N-ethyl adjacent to an activating group) is 1. The van der Waals surface area contributed by atoms with Crippen LogP contribution in [-0.4, -0.2) is 86.0 Å². The lowest BCUT2D eigenvalue weighted by molar-refractivity contribution is -0.131. The molecule has 0 aliphatic carbocycles. The minimum atomic E-state index is 0. The van der Waals surface area contributed by atoms with Crippen molar-refractivity contribution >= 4 is 47.4 Å². The van der Waals surface area contributed by atoms with E-state index in [1.807, 2.05) is 36.2 Å². The summed E-state index contributed by atoms with van der Waals surface area (Å²) in [6.45, 7) is 11.4. The van der Waals surface area contributed by atoms with E-state index in [-0.39, 0.29) is 29.9 Å². The van der Waals surface area contributed by atoms with Gasteiger partial charge in [-0.15, -0.1) is 24.0 Å². The Balaban J connectivity index is 0.00000392. The third-order valence-electron chi connectivity index (χ3n) is 4.99. The maximum atomic E-state index is 12.6. The lowest BCUT2D eigenvalue weighted by Gasteiger charge is -2.36. The van der Waals surface area contributed by atoms with Gasteiger partial charge in [-0.3, -0.25) is 9.79 Å². The van der Waals surface area contributed by atoms with Gasteiger partial charge in [0.25, 0.3) is 0 Å². The van der Waals surface area contributed by atoms with E-state index in [0.29, 0.717) is 11.4 Å². The Bertz CT molecular complexity index is 631. The summed E-state index contributed by atoms with van der Waals surface area (Å²) in [7, 11) is 1.82. The SMILES string of the molecule is CCN(CC)CCNC(=NC)N1CCN(C(=O)Cc2cccc(Cl)c2)CC1.I. The first kappa shape index (κ1) is 25.0. The molecular formula is C20H33ClIN5O. The van der Waals surface area contributed by atoms with Gasteiger partial charge in [0.1, 0.15) is 0 Å². The molecule has 1 fully saturated rings. The lowest BCUT2D eigenvalue weighted by Crippen LogP contribution is -2.54. The number of guanidine groups is 1. The summed E-state index contributed by atoms with van der Waals surface area (Å²) in [6, 6.07) is 7.52. The molecule has 2 rings (SSSR count). The first-order valence-corrected chi connectivity index (χ1v) is 10.1. The van der Waals surface area contributed by atoms with Crippen LogP contribution in [0.25, 0.3) is 0 Å². The molecule has 0 unspecified atom stereocenters. The molecule has 0 spiro atoms. The fourth-order valence-corrected chi connectivity index (χ4v) is 3.51. The van der Waals surface area contributed by atoms with E-state index in [2.05, 4.69) is 34.0 Å². The first-order valence-electron chi connectivity index (χ1n) is 9.77. The molecule has 0 atom stereocenters. The molecule has 1 saturated heterocycles. The molecule has 0 saturated carbocycles. The van der Waals surface area contributed by atoms with E-state index in [1.165, 1.54) is 0 Å². The molecule has 1 N–H and O–H groups in total. The van der Waals surface area contributed by atoms with Gasteiger partial charge in [0.15, 0.2) is 5.96 Å². The quantitative estimate of drug-likeness (QED) is 0.340. The van der Waals surface area contributed by atoms with Gasteiger partial charge in [0.05, 0.1) is 6.42 Å². The van der Waals surface area contributed by atoms with Crippen LogP contribution in [0.1, 0.15) is 19.4 Å². The van der Waals surface area contributed by atoms with Crippen LogP contribution in [0, 0.1) is 0 Å². The lowest BCUT2D eigenvalue weighted by atomic mass is 10.1. The molecule has 8 heteroatoms. The first-order chi connectivity index (χ1) is 13.1. The number of amides is 1. The highest BCUT2D eigenvalue weighted by molar-refractivity contribution is 14.0. The third-order valence-corrected chi connectivity index (χ3v) is 5.23. The van der Waals surface area contributed by atoms with E-state index in [9.17, 15) is 4.79 Å². The number of halogens is 2. The van der Waals surface area contributed by atoms with Crippen LogP contribution in [0.15, 0.2) is 29.3 Å². The summed E-state index contributed by atoms with van der Waals surface area (Å²) in [5.74, 6) is 1.07. The van der Waals surface area contributed by atoms with Crippen LogP contribution in [0.2, 0.25) is 5.02 Å². The fourth-order valence-electron chi connectivity index (χ4n) is 3.30. The molecule has 0 radical (unpaired) electrons. The highest BCUT2D eigenvalue weighted by Gasteiger charge is 2.23. The summed E-state index contributed by atoms with van der Waals surface area (Å²) in [4.78, 5) is 23.5. The molecule has 1 aliphatic heterocycles. The average Bonchev–Trinajstić information content (AvgIpc) is 2.68. The van der Waals surface area contributed by atoms with Crippen molar-refractivity contribution < 1.29 is 4.79 Å². The highest BCUT2D eigenvalue weighted by Crippen LogP contribution is 2.13. The Morgan fingerprint density at radius 3 is 2.39 bits per heavy atom. The van der Waals surface area contributed by atoms with Crippen molar-refractivity contribution in [1.82, 2.24) is 20.0 Å². The Morgan fingerprint density at radius 2 is 1.82 bits per heavy atom. The minimum Gasteiger partial charge on any atom is -0.355 e. The van der Waals surface area contributed by atoms with Crippen LogP contribution in [0.3, 0.4) is 0 Å². The second kappa shape index (κ2) is 13.2. The number of hydrogen-bond donors (Lipinski definition) is 1. The number of benzene rings is 1. The molecule has 6 nitrogen and oxygen atoms in total. The summed E-state index contributed by atoms with van der Waals surface area (Å²) in [6.07, 6.45) is 0.400. The van der Waals surface area contributed by atoms with Gasteiger partial charge < -0.3 is 20.0 Å². The molecule has 158 valence electrons. The fraction of sp³-hybridized carbons (Fsp3) is 0.600. The van der Waals surface area contributed by atoms with Crippen LogP contribution in [0.4, 0.5) is 0 Å². The van der Waals surface area contributed by atoms with Crippen molar-refractivity contribution in [1.29, 1.82) is 0 Å². The topological polar surface area (TPSA) is 51.2 Å². The van der Waals surface area contributed by atoms with E-state index >= 15 is 0 Å². The zero-order chi connectivity index (χ0) is 19.6. The maximum absolute atomic E-state index is 12.6. The van der Waals surface area contributed by atoms with E-state index in [1.54, 1.807) is 0 Å². The Hall–Kier alpha value is -1.06. The molecule has 0 bridgehead atoms. The van der Waals surface area contributed by atoms with E-state index in [0.717, 1.165) is 63.9 Å². The summed E-state index contributed by atoms with van der Waals surface area (Å²) >= 11 is 6.01. The van der Waals surface area contributed by atoms with Crippen molar-refractivity contribution in [2.45, 2.75) is 20.3 Å². The zero-order valence-corrected chi connectivity index (χ0v) is 20.2. The molecule has 1 aliphatic rings. The van der Waals surface area contributed by atoms with Gasteiger partial charge in [0, 0.05) is 51.3 Å². The van der Waals surface area contributed by atoms with Gasteiger partial charge in [-0.25, -0.2) is 0 Å². The zero-order valence-electron chi connectivity index (χ0n) is 17.2. The number of rotatable bonds is 7. The van der Waals surface area contributed by atoms with Gasteiger partial charge in [-0.2, -0.15) is 0 Å². The number of aliphatic imine (C=N–C) groups is 1. The molecule has 1 aromatic rings. The number of carbonyl (C=O) groups excluding carboxylic acids is 1. The summed E-state index contributed by atoms with van der Waals surface area (Å²) in [5.41, 5.74) is 0.962. The van der Waals surface area contributed by atoms with Crippen molar-refractivity contribution in [3.63, 3.8) is 0 Å². The van der Waals surface area contributed by atoms with Crippen molar-refractivity contribution in [2.24, 2.45) is 4.99 Å². The van der Waals surface area contributed by atoms with Crippen molar-refractivity contribution in [2.75, 3.05) is 59.4 Å². The normalized spacial score (nSPS) is 14.8. The van der Waals surface area contributed by atoms with Gasteiger partial charge in [-0.05, 0) is 30.8 Å². The van der Waals surface area contributed by atoms with Gasteiger partial charge >= 0.3 is 0 Å². The van der Waals surface area contributed by atoms with Crippen LogP contribution in [0.5, 0.6) is 0 Å². The van der Waals surface area contributed by atoms with Crippen LogP contribution in [-0.2, 0) is 11.2 Å². The standard InChI is InChI=1S/C20H32ClN5O.HI/c1-4-24(5-2)10-9-23-20(22-3)26-13-11-25(12-14-26)19(27)16-17-7-6-8-18(21)15-17;/h6-8,15H,4-5,9-14,16H2,1-3H3,(H,22,23);1H. The Labute approximate surface area is 191 Å². The minimum absolute atomic E-state index is 0. The molecule has 1 aromatic carbocycles. The maximum Gasteiger partial charge on any atom is 0.227 e. The second-order valence-corrected chi connectivity index (χ2v) is 7.11. The van der Waals surface area contributed by atoms with Crippen molar-refractivity contribution in [3.05, 3.63) is 34.9 Å². The number of carbonyl (C=O) groups is 1. The summed E-state index contributed by atoms with van der Waals surface area (Å²) in [5, 5.41) is 4.12. The number of hydrogen-bond acceptors (Lipinski definition) is 3. The van der Waals surface area contributed by atoms with E-state index < -0.39 is 0 Å². The average molecular weight is 522 g/mol. The molecule has 1 amide bonds. The number of nitrogens with one attached hydrogen (secondary N) is 1. The third kappa shape index (κ3) is 7.75. The molecule has 28 heavy (non-hydrogen) atoms. The van der Waals surface area contributed by atoms with Crippen LogP contribution >= 0.6 is 35.6 Å². The smallest absolute Gasteiger partial charge is 0.227 e. The summed E-state index contributed by atoms with van der Waals surface area (Å²) < 4.78 is 0. The molecule has 0 aromatic heterocycles. The number of nitrogens with zero attached hydrogens (tertiary/aromatic N) is 4. The largest absolute Gasteiger partial charge is 0.355 e. The van der Waals surface area contributed by atoms with Crippen molar-refractivity contribution in [3.8, 4) is 0 Å². The number of piperazine rings is 1. The predicted molar refractivity (Wildman–Crippen MR) is 128 cm³/mol. The van der Waals surface area contributed by atoms with E-state index in [4.69, 9.17) is 11.6 Å². The van der Waals surface area contributed by atoms with Gasteiger partial charge in [0.2, 0.25) is 5.91 Å². The Morgan fingerprint density at radius 1 is 1.18 bits per heavy atom. The monoisotopic (exact) mass is 521 g/mol. The van der Waals surface area contributed by atoms with Gasteiger partial charge in [-0.1, -0.05) is 37.6 Å². The predicted octanol–water partition coefficient (Wildman–Crippen LogP) is 2.56. The second-order valence-electron chi connectivity index (χ2n) is 6.68. The molecule has 1 heterocycles. The highest BCUT2D eigenvalue weighted by atomic mass is 127. The Kier molecular flexibility index (Phi) is 11.8. The van der Waals surface area contributed by atoms with Crippen LogP contribution < -0.4 is 5.32 Å².